The molecule has 3 N–H and O–H groups in total. The number of nitrogens with one attached hydrogen (secondary N) is 2. The van der Waals surface area contributed by atoms with Crippen molar-refractivity contribution >= 4 is 17.5 Å². The normalized spacial score (nSPS) is 15.7. The SMILES string of the molecule is O=C(NCCc1ccccc1)N1CCCC(CNc2cc(-c3ccccc3O)nc3c(F)cnn23)C1. The average molecular weight is 489 g/mol. The standard InChI is InChI=1S/C27H29FN6O2/c28-22-17-31-34-25(15-23(32-26(22)34)21-10-4-5-11-24(21)35)30-16-20-9-6-14-33(18-20)27(36)29-13-12-19-7-2-1-3-8-19/h1-5,7-8,10-11,15,17,20,30,35H,6,9,12-14,16,18H2,(H,29,36). The van der Waals surface area contributed by atoms with E-state index in [0.717, 1.165) is 32.0 Å². The number of aromatic nitrogens is 3. The van der Waals surface area contributed by atoms with Gasteiger partial charge >= 0.3 is 6.03 Å². The topological polar surface area (TPSA) is 94.8 Å². The number of carbonyl (C=O) groups excluding carboxylic acids is 1. The molecule has 186 valence electrons. The molecule has 0 radical (unpaired) electrons. The maximum atomic E-state index is 14.4. The molecule has 9 heteroatoms. The van der Waals surface area contributed by atoms with Crippen LogP contribution in [0.4, 0.5) is 15.0 Å². The van der Waals surface area contributed by atoms with Gasteiger partial charge in [-0.15, -0.1) is 0 Å². The lowest BCUT2D eigenvalue weighted by atomic mass is 9.98. The molecule has 36 heavy (non-hydrogen) atoms. The van der Waals surface area contributed by atoms with Gasteiger partial charge < -0.3 is 20.6 Å². The second-order valence-electron chi connectivity index (χ2n) is 9.07. The van der Waals surface area contributed by atoms with Gasteiger partial charge in [0.25, 0.3) is 0 Å². The van der Waals surface area contributed by atoms with Crippen LogP contribution in [0.2, 0.25) is 0 Å². The van der Waals surface area contributed by atoms with E-state index >= 15 is 0 Å². The fourth-order valence-corrected chi connectivity index (χ4v) is 4.63. The molecule has 1 unspecified atom stereocenters. The van der Waals surface area contributed by atoms with Gasteiger partial charge in [-0.25, -0.2) is 14.2 Å². The van der Waals surface area contributed by atoms with Gasteiger partial charge in [-0.1, -0.05) is 42.5 Å². The van der Waals surface area contributed by atoms with Gasteiger partial charge in [0.15, 0.2) is 11.5 Å². The third-order valence-electron chi connectivity index (χ3n) is 6.52. The van der Waals surface area contributed by atoms with E-state index < -0.39 is 5.82 Å². The zero-order chi connectivity index (χ0) is 24.9. The quantitative estimate of drug-likeness (QED) is 0.360. The number of phenols is 1. The third-order valence-corrected chi connectivity index (χ3v) is 6.52. The Morgan fingerprint density at radius 1 is 1.14 bits per heavy atom. The number of benzene rings is 2. The predicted octanol–water partition coefficient (Wildman–Crippen LogP) is 4.32. The van der Waals surface area contributed by atoms with Gasteiger partial charge in [-0.3, -0.25) is 0 Å². The Morgan fingerprint density at radius 2 is 1.94 bits per heavy atom. The van der Waals surface area contributed by atoms with Crippen molar-refractivity contribution < 1.29 is 14.3 Å². The number of piperidine rings is 1. The summed E-state index contributed by atoms with van der Waals surface area (Å²) in [7, 11) is 0. The Labute approximate surface area is 208 Å². The number of urea groups is 1. The molecule has 1 saturated heterocycles. The van der Waals surface area contributed by atoms with E-state index in [1.165, 1.54) is 10.1 Å². The number of hydrogen-bond donors (Lipinski definition) is 3. The van der Waals surface area contributed by atoms with Crippen LogP contribution in [-0.2, 0) is 6.42 Å². The van der Waals surface area contributed by atoms with Gasteiger partial charge in [-0.2, -0.15) is 9.61 Å². The van der Waals surface area contributed by atoms with Crippen molar-refractivity contribution in [3.63, 3.8) is 0 Å². The van der Waals surface area contributed by atoms with Crippen molar-refractivity contribution in [1.29, 1.82) is 0 Å². The van der Waals surface area contributed by atoms with Crippen LogP contribution in [0, 0.1) is 11.7 Å². The molecule has 3 heterocycles. The van der Waals surface area contributed by atoms with Crippen LogP contribution in [0.15, 0.2) is 66.9 Å². The number of carbonyl (C=O) groups is 1. The molecule has 1 aliphatic rings. The Bertz CT molecular complexity index is 1340. The van der Waals surface area contributed by atoms with E-state index in [0.29, 0.717) is 36.7 Å². The average Bonchev–Trinajstić information content (AvgIpc) is 3.29. The number of para-hydroxylation sites is 1. The minimum absolute atomic E-state index is 0.0436. The smallest absolute Gasteiger partial charge is 0.317 e. The number of rotatable bonds is 7. The summed E-state index contributed by atoms with van der Waals surface area (Å²) in [5.74, 6) is 0.343. The van der Waals surface area contributed by atoms with Gasteiger partial charge in [0.1, 0.15) is 11.6 Å². The summed E-state index contributed by atoms with van der Waals surface area (Å²) in [5, 5.41) is 20.8. The highest BCUT2D eigenvalue weighted by Gasteiger charge is 2.24. The lowest BCUT2D eigenvalue weighted by Crippen LogP contribution is -2.47. The van der Waals surface area contributed by atoms with Crippen LogP contribution in [-0.4, -0.2) is 56.8 Å². The number of halogens is 1. The fraction of sp³-hybridized carbons (Fsp3) is 0.296. The molecule has 0 aliphatic carbocycles. The monoisotopic (exact) mass is 488 g/mol. The van der Waals surface area contributed by atoms with Crippen molar-refractivity contribution in [2.24, 2.45) is 5.92 Å². The molecule has 2 amide bonds. The second kappa shape index (κ2) is 10.6. The van der Waals surface area contributed by atoms with E-state index in [-0.39, 0.29) is 23.3 Å². The summed E-state index contributed by atoms with van der Waals surface area (Å²) in [6, 6.07) is 18.6. The minimum Gasteiger partial charge on any atom is -0.507 e. The molecule has 0 spiro atoms. The first-order valence-electron chi connectivity index (χ1n) is 12.2. The van der Waals surface area contributed by atoms with E-state index in [1.54, 1.807) is 30.3 Å². The number of anilines is 1. The first-order chi connectivity index (χ1) is 17.6. The van der Waals surface area contributed by atoms with Gasteiger partial charge in [0.2, 0.25) is 0 Å². The summed E-state index contributed by atoms with van der Waals surface area (Å²) in [5.41, 5.74) is 2.24. The lowest BCUT2D eigenvalue weighted by molar-refractivity contribution is 0.168. The highest BCUT2D eigenvalue weighted by atomic mass is 19.1. The fourth-order valence-electron chi connectivity index (χ4n) is 4.63. The molecule has 4 aromatic rings. The van der Waals surface area contributed by atoms with Crippen LogP contribution >= 0.6 is 0 Å². The summed E-state index contributed by atoms with van der Waals surface area (Å²) in [6.07, 6.45) is 3.83. The first-order valence-corrected chi connectivity index (χ1v) is 12.2. The number of phenolic OH excluding ortho intramolecular Hbond substituents is 1. The molecule has 2 aromatic heterocycles. The number of amides is 2. The van der Waals surface area contributed by atoms with Crippen molar-refractivity contribution in [3.05, 3.63) is 78.2 Å². The highest BCUT2D eigenvalue weighted by molar-refractivity contribution is 5.74. The van der Waals surface area contributed by atoms with E-state index in [2.05, 4.69) is 32.8 Å². The van der Waals surface area contributed by atoms with Crippen LogP contribution < -0.4 is 10.6 Å². The molecule has 1 atom stereocenters. The van der Waals surface area contributed by atoms with Gasteiger partial charge in [-0.05, 0) is 42.9 Å². The summed E-state index contributed by atoms with van der Waals surface area (Å²) in [4.78, 5) is 19.0. The van der Waals surface area contributed by atoms with Crippen molar-refractivity contribution in [2.75, 3.05) is 31.5 Å². The summed E-state index contributed by atoms with van der Waals surface area (Å²) in [6.45, 7) is 2.55. The van der Waals surface area contributed by atoms with Crippen LogP contribution in [0.1, 0.15) is 18.4 Å². The molecule has 2 aromatic carbocycles. The van der Waals surface area contributed by atoms with E-state index in [4.69, 9.17) is 0 Å². The molecule has 5 rings (SSSR count). The molecule has 1 fully saturated rings. The maximum absolute atomic E-state index is 14.4. The molecular formula is C27H29FN6O2. The van der Waals surface area contributed by atoms with Crippen molar-refractivity contribution in [1.82, 2.24) is 24.8 Å². The molecule has 0 bridgehead atoms. The number of aromatic hydroxyl groups is 1. The lowest BCUT2D eigenvalue weighted by Gasteiger charge is -2.33. The zero-order valence-electron chi connectivity index (χ0n) is 19.9. The van der Waals surface area contributed by atoms with Crippen molar-refractivity contribution in [2.45, 2.75) is 19.3 Å². The minimum atomic E-state index is -0.536. The molecule has 1 aliphatic heterocycles. The summed E-state index contributed by atoms with van der Waals surface area (Å²) < 4.78 is 15.8. The first kappa shape index (κ1) is 23.6. The maximum Gasteiger partial charge on any atom is 0.317 e. The molecule has 8 nitrogen and oxygen atoms in total. The van der Waals surface area contributed by atoms with Crippen LogP contribution in [0.3, 0.4) is 0 Å². The van der Waals surface area contributed by atoms with Gasteiger partial charge in [0.05, 0.1) is 11.9 Å². The number of hydrogen-bond acceptors (Lipinski definition) is 5. The third kappa shape index (κ3) is 5.25. The Morgan fingerprint density at radius 3 is 2.78 bits per heavy atom. The van der Waals surface area contributed by atoms with Crippen LogP contribution in [0.5, 0.6) is 5.75 Å². The van der Waals surface area contributed by atoms with E-state index in [1.807, 2.05) is 23.1 Å². The van der Waals surface area contributed by atoms with Gasteiger partial charge in [0, 0.05) is 37.8 Å². The highest BCUT2D eigenvalue weighted by Crippen LogP contribution is 2.30. The van der Waals surface area contributed by atoms with Crippen LogP contribution in [0.25, 0.3) is 16.9 Å². The predicted molar refractivity (Wildman–Crippen MR) is 136 cm³/mol. The van der Waals surface area contributed by atoms with Crippen molar-refractivity contribution in [3.8, 4) is 17.0 Å². The largest absolute Gasteiger partial charge is 0.507 e. The Kier molecular flexibility index (Phi) is 6.97. The Hall–Kier alpha value is -4.14. The number of likely N-dealkylation sites (tertiary alicyclic amines) is 1. The Balaban J connectivity index is 1.23. The number of fused-ring (bicyclic) bond motifs is 1. The summed E-state index contributed by atoms with van der Waals surface area (Å²) >= 11 is 0. The molecular weight excluding hydrogens is 459 g/mol. The van der Waals surface area contributed by atoms with E-state index in [9.17, 15) is 14.3 Å². The molecule has 0 saturated carbocycles. The second-order valence-corrected chi connectivity index (χ2v) is 9.07. The zero-order valence-corrected chi connectivity index (χ0v) is 19.9. The number of nitrogens with zero attached hydrogens (tertiary/aromatic N) is 4.